The van der Waals surface area contributed by atoms with E-state index >= 15 is 0 Å². The van der Waals surface area contributed by atoms with E-state index in [2.05, 4.69) is 15.5 Å². The quantitative estimate of drug-likeness (QED) is 0.855. The van der Waals surface area contributed by atoms with E-state index < -0.39 is 11.4 Å². The van der Waals surface area contributed by atoms with Crippen LogP contribution in [0.2, 0.25) is 0 Å². The number of ether oxygens (including phenoxy) is 1. The van der Waals surface area contributed by atoms with Crippen molar-refractivity contribution in [2.24, 2.45) is 5.41 Å². The van der Waals surface area contributed by atoms with Crippen molar-refractivity contribution >= 4 is 5.97 Å². The Labute approximate surface area is 118 Å². The van der Waals surface area contributed by atoms with Crippen LogP contribution < -0.4 is 0 Å². The van der Waals surface area contributed by atoms with Crippen molar-refractivity contribution < 1.29 is 14.6 Å². The van der Waals surface area contributed by atoms with Crippen LogP contribution in [0.25, 0.3) is 0 Å². The van der Waals surface area contributed by atoms with E-state index in [0.717, 1.165) is 12.8 Å². The van der Waals surface area contributed by atoms with Gasteiger partial charge in [-0.1, -0.05) is 13.8 Å². The lowest BCUT2D eigenvalue weighted by Gasteiger charge is -2.27. The molecule has 2 unspecified atom stereocenters. The van der Waals surface area contributed by atoms with E-state index in [-0.39, 0.29) is 18.8 Å². The molecule has 7 nitrogen and oxygen atoms in total. The Morgan fingerprint density at radius 2 is 2.15 bits per heavy atom. The fourth-order valence-corrected chi connectivity index (χ4v) is 2.68. The van der Waals surface area contributed by atoms with Gasteiger partial charge in [0, 0.05) is 0 Å². The van der Waals surface area contributed by atoms with Gasteiger partial charge in [-0.3, -0.25) is 4.79 Å². The molecule has 2 heterocycles. The fourth-order valence-electron chi connectivity index (χ4n) is 2.68. The molecule has 1 fully saturated rings. The molecule has 0 aliphatic carbocycles. The number of aromatic nitrogens is 4. The van der Waals surface area contributed by atoms with Crippen molar-refractivity contribution in [2.75, 3.05) is 0 Å². The normalized spacial score (nSPS) is 23.1. The Morgan fingerprint density at radius 1 is 1.45 bits per heavy atom. The van der Waals surface area contributed by atoms with E-state index in [9.17, 15) is 9.90 Å². The Morgan fingerprint density at radius 3 is 2.65 bits per heavy atom. The van der Waals surface area contributed by atoms with E-state index in [1.165, 1.54) is 0 Å². The number of nitrogens with zero attached hydrogens (tertiary/aromatic N) is 4. The predicted molar refractivity (Wildman–Crippen MR) is 71.0 cm³/mol. The van der Waals surface area contributed by atoms with Crippen LogP contribution in [0.3, 0.4) is 0 Å². The van der Waals surface area contributed by atoms with Gasteiger partial charge in [0.25, 0.3) is 0 Å². The molecule has 0 saturated carbocycles. The first-order valence-corrected chi connectivity index (χ1v) is 7.17. The van der Waals surface area contributed by atoms with Crippen molar-refractivity contribution in [3.05, 3.63) is 5.82 Å². The van der Waals surface area contributed by atoms with Crippen molar-refractivity contribution in [3.63, 3.8) is 0 Å². The molecule has 2 rings (SSSR count). The minimum absolute atomic E-state index is 0.125. The molecule has 0 spiro atoms. The van der Waals surface area contributed by atoms with E-state index in [1.807, 2.05) is 20.8 Å². The maximum absolute atomic E-state index is 11.6. The Hall–Kier alpha value is -1.50. The highest BCUT2D eigenvalue weighted by Gasteiger charge is 2.38. The number of aliphatic carboxylic acids is 1. The Balaban J connectivity index is 2.21. The van der Waals surface area contributed by atoms with Gasteiger partial charge in [0.05, 0.1) is 18.1 Å². The number of hydrogen-bond donors (Lipinski definition) is 1. The van der Waals surface area contributed by atoms with Gasteiger partial charge in [-0.05, 0) is 43.0 Å². The molecule has 1 aromatic heterocycles. The topological polar surface area (TPSA) is 90.1 Å². The molecule has 0 radical (unpaired) electrons. The molecule has 20 heavy (non-hydrogen) atoms. The number of rotatable bonds is 6. The number of carbonyl (C=O) groups is 1. The smallest absolute Gasteiger partial charge is 0.311 e. The SMILES string of the molecule is CCC(CC)(Cn1nnnc1C1CCC(C)O1)C(=O)O. The molecular formula is C13H22N4O3. The van der Waals surface area contributed by atoms with Crippen LogP contribution in [0.4, 0.5) is 0 Å². The second-order valence-corrected chi connectivity index (χ2v) is 5.50. The van der Waals surface area contributed by atoms with Crippen molar-refractivity contribution in [1.29, 1.82) is 0 Å². The Kier molecular flexibility index (Phi) is 4.37. The van der Waals surface area contributed by atoms with Gasteiger partial charge in [-0.2, -0.15) is 0 Å². The summed E-state index contributed by atoms with van der Waals surface area (Å²) >= 11 is 0. The minimum Gasteiger partial charge on any atom is -0.481 e. The highest BCUT2D eigenvalue weighted by molar-refractivity contribution is 5.74. The third-order valence-corrected chi connectivity index (χ3v) is 4.34. The second kappa shape index (κ2) is 5.87. The summed E-state index contributed by atoms with van der Waals surface area (Å²) in [5.41, 5.74) is -0.825. The zero-order chi connectivity index (χ0) is 14.8. The summed E-state index contributed by atoms with van der Waals surface area (Å²) in [4.78, 5) is 11.6. The Bertz CT molecular complexity index is 470. The molecule has 7 heteroatoms. The molecule has 112 valence electrons. The zero-order valence-electron chi connectivity index (χ0n) is 12.2. The lowest BCUT2D eigenvalue weighted by atomic mass is 9.82. The second-order valence-electron chi connectivity index (χ2n) is 5.50. The van der Waals surface area contributed by atoms with E-state index in [1.54, 1.807) is 4.68 Å². The van der Waals surface area contributed by atoms with Gasteiger partial charge in [0.1, 0.15) is 6.10 Å². The van der Waals surface area contributed by atoms with Crippen LogP contribution in [-0.4, -0.2) is 37.4 Å². The van der Waals surface area contributed by atoms with Gasteiger partial charge >= 0.3 is 5.97 Å². The van der Waals surface area contributed by atoms with Crippen LogP contribution in [0.5, 0.6) is 0 Å². The van der Waals surface area contributed by atoms with Crippen molar-refractivity contribution in [2.45, 2.75) is 65.2 Å². The third kappa shape index (κ3) is 2.67. The summed E-state index contributed by atoms with van der Waals surface area (Å²) in [6, 6.07) is 0. The van der Waals surface area contributed by atoms with Crippen LogP contribution in [-0.2, 0) is 16.1 Å². The molecule has 0 bridgehead atoms. The molecule has 1 N–H and O–H groups in total. The summed E-state index contributed by atoms with van der Waals surface area (Å²) in [5.74, 6) is -0.161. The first-order valence-electron chi connectivity index (χ1n) is 7.17. The number of tetrazole rings is 1. The predicted octanol–water partition coefficient (Wildman–Crippen LogP) is 1.80. The molecular weight excluding hydrogens is 260 g/mol. The van der Waals surface area contributed by atoms with Crippen LogP contribution >= 0.6 is 0 Å². The van der Waals surface area contributed by atoms with Gasteiger partial charge in [0.15, 0.2) is 5.82 Å². The summed E-state index contributed by atoms with van der Waals surface area (Å²) in [5, 5.41) is 21.2. The number of hydrogen-bond acceptors (Lipinski definition) is 5. The molecule has 1 aliphatic rings. The van der Waals surface area contributed by atoms with Crippen LogP contribution in [0, 0.1) is 5.41 Å². The monoisotopic (exact) mass is 282 g/mol. The highest BCUT2D eigenvalue weighted by atomic mass is 16.5. The van der Waals surface area contributed by atoms with Crippen molar-refractivity contribution in [3.8, 4) is 0 Å². The molecule has 2 atom stereocenters. The lowest BCUT2D eigenvalue weighted by molar-refractivity contribution is -0.150. The summed E-state index contributed by atoms with van der Waals surface area (Å²) in [6.07, 6.45) is 3.01. The molecule has 0 amide bonds. The zero-order valence-corrected chi connectivity index (χ0v) is 12.2. The largest absolute Gasteiger partial charge is 0.481 e. The lowest BCUT2D eigenvalue weighted by Crippen LogP contribution is -2.35. The van der Waals surface area contributed by atoms with Gasteiger partial charge in [0.2, 0.25) is 0 Å². The van der Waals surface area contributed by atoms with Crippen molar-refractivity contribution in [1.82, 2.24) is 20.2 Å². The first kappa shape index (κ1) is 14.9. The molecule has 1 aromatic rings. The molecule has 1 saturated heterocycles. The van der Waals surface area contributed by atoms with Gasteiger partial charge in [-0.25, -0.2) is 4.68 Å². The highest BCUT2D eigenvalue weighted by Crippen LogP contribution is 2.33. The van der Waals surface area contributed by atoms with Crippen LogP contribution in [0.15, 0.2) is 0 Å². The van der Waals surface area contributed by atoms with Crippen LogP contribution in [0.1, 0.15) is 58.4 Å². The minimum atomic E-state index is -0.825. The van der Waals surface area contributed by atoms with Gasteiger partial charge in [-0.15, -0.1) is 5.10 Å². The summed E-state index contributed by atoms with van der Waals surface area (Å²) < 4.78 is 7.38. The van der Waals surface area contributed by atoms with Gasteiger partial charge < -0.3 is 9.84 Å². The average Bonchev–Trinajstić information content (AvgIpc) is 3.04. The van der Waals surface area contributed by atoms with E-state index in [4.69, 9.17) is 4.74 Å². The third-order valence-electron chi connectivity index (χ3n) is 4.34. The fraction of sp³-hybridized carbons (Fsp3) is 0.846. The summed E-state index contributed by atoms with van der Waals surface area (Å²) in [6.45, 7) is 6.07. The maximum atomic E-state index is 11.6. The first-order chi connectivity index (χ1) is 9.52. The maximum Gasteiger partial charge on any atom is 0.311 e. The van der Waals surface area contributed by atoms with E-state index in [0.29, 0.717) is 18.7 Å². The molecule has 0 aromatic carbocycles. The average molecular weight is 282 g/mol. The summed E-state index contributed by atoms with van der Waals surface area (Å²) in [7, 11) is 0. The number of carboxylic acid groups (broad SMARTS) is 1. The number of carboxylic acids is 1. The standard InChI is InChI=1S/C13H22N4O3/c1-4-13(5-2,12(18)19)8-17-11(14-15-16-17)10-7-6-9(3)20-10/h9-10H,4-8H2,1-3H3,(H,18,19). The molecule has 1 aliphatic heterocycles.